The topological polar surface area (TPSA) is 35.6 Å². The van der Waals surface area contributed by atoms with Crippen molar-refractivity contribution in [2.24, 2.45) is 11.8 Å². The number of likely N-dealkylation sites (tertiary alicyclic amines) is 1. The molecular formula is C25H37N3O. The molecule has 5 rings (SSSR count). The highest BCUT2D eigenvalue weighted by molar-refractivity contribution is 5.75. The fourth-order valence-corrected chi connectivity index (χ4v) is 7.19. The summed E-state index contributed by atoms with van der Waals surface area (Å²) in [6.07, 6.45) is 9.47. The molecule has 2 saturated carbocycles. The molecular weight excluding hydrogens is 358 g/mol. The molecule has 3 fully saturated rings. The van der Waals surface area contributed by atoms with E-state index < -0.39 is 0 Å². The molecule has 4 atom stereocenters. The Kier molecular flexibility index (Phi) is 5.09. The van der Waals surface area contributed by atoms with Crippen LogP contribution >= 0.6 is 0 Å². The van der Waals surface area contributed by atoms with Crippen LogP contribution in [-0.2, 0) is 5.41 Å². The van der Waals surface area contributed by atoms with Gasteiger partial charge in [0, 0.05) is 24.5 Å². The van der Waals surface area contributed by atoms with Crippen LogP contribution in [0, 0.1) is 11.8 Å². The summed E-state index contributed by atoms with van der Waals surface area (Å²) >= 11 is 0. The van der Waals surface area contributed by atoms with Gasteiger partial charge in [0.15, 0.2) is 0 Å². The maximum Gasteiger partial charge on any atom is 0.317 e. The first-order chi connectivity index (χ1) is 14.1. The van der Waals surface area contributed by atoms with Crippen molar-refractivity contribution in [3.8, 4) is 0 Å². The summed E-state index contributed by atoms with van der Waals surface area (Å²) in [5.41, 5.74) is 3.13. The van der Waals surface area contributed by atoms with Crippen molar-refractivity contribution in [3.63, 3.8) is 0 Å². The average Bonchev–Trinajstić information content (AvgIpc) is 3.45. The van der Waals surface area contributed by atoms with E-state index in [-0.39, 0.29) is 17.5 Å². The number of nitrogens with zero attached hydrogens (tertiary/aromatic N) is 2. The Balaban J connectivity index is 1.30. The molecule has 1 aromatic rings. The molecule has 4 heteroatoms. The maximum atomic E-state index is 12.7. The van der Waals surface area contributed by atoms with E-state index >= 15 is 0 Å². The second-order valence-electron chi connectivity index (χ2n) is 10.0. The van der Waals surface area contributed by atoms with Gasteiger partial charge in [-0.2, -0.15) is 0 Å². The number of amides is 2. The van der Waals surface area contributed by atoms with Gasteiger partial charge in [0.05, 0.1) is 6.04 Å². The Morgan fingerprint density at radius 2 is 1.90 bits per heavy atom. The number of urea groups is 1. The quantitative estimate of drug-likeness (QED) is 0.802. The molecule has 1 aliphatic heterocycles. The number of rotatable bonds is 4. The van der Waals surface area contributed by atoms with Crippen LogP contribution in [0.1, 0.15) is 76.0 Å². The SMILES string of the molecule is CCN(CC)C(=O)N[C@H]1CC2(CCN(C3CC4CC[C@@H]3C4)CC2)c2ccccc21. The second-order valence-corrected chi connectivity index (χ2v) is 10.0. The molecule has 1 N–H and O–H groups in total. The van der Waals surface area contributed by atoms with E-state index in [1.54, 1.807) is 0 Å². The van der Waals surface area contributed by atoms with E-state index in [0.717, 1.165) is 37.4 Å². The second kappa shape index (κ2) is 7.61. The monoisotopic (exact) mass is 395 g/mol. The van der Waals surface area contributed by atoms with Crippen LogP contribution in [0.3, 0.4) is 0 Å². The third-order valence-electron chi connectivity index (χ3n) is 8.78. The minimum atomic E-state index is 0.0891. The zero-order valence-electron chi connectivity index (χ0n) is 18.2. The van der Waals surface area contributed by atoms with Gasteiger partial charge in [-0.15, -0.1) is 0 Å². The molecule has 29 heavy (non-hydrogen) atoms. The first-order valence-corrected chi connectivity index (χ1v) is 12.0. The first kappa shape index (κ1) is 19.4. The molecule has 0 radical (unpaired) electrons. The predicted molar refractivity (Wildman–Crippen MR) is 117 cm³/mol. The molecule has 2 amide bonds. The molecule has 2 unspecified atom stereocenters. The van der Waals surface area contributed by atoms with Gasteiger partial charge in [0.25, 0.3) is 0 Å². The Bertz CT molecular complexity index is 750. The number of piperidine rings is 1. The minimum Gasteiger partial charge on any atom is -0.331 e. The van der Waals surface area contributed by atoms with Crippen molar-refractivity contribution in [2.75, 3.05) is 26.2 Å². The average molecular weight is 396 g/mol. The smallest absolute Gasteiger partial charge is 0.317 e. The van der Waals surface area contributed by atoms with Gasteiger partial charge >= 0.3 is 6.03 Å². The van der Waals surface area contributed by atoms with Gasteiger partial charge in [0.1, 0.15) is 0 Å². The Morgan fingerprint density at radius 3 is 2.55 bits per heavy atom. The summed E-state index contributed by atoms with van der Waals surface area (Å²) < 4.78 is 0. The van der Waals surface area contributed by atoms with Gasteiger partial charge in [-0.3, -0.25) is 0 Å². The van der Waals surface area contributed by atoms with Gasteiger partial charge in [-0.05, 0) is 88.4 Å². The van der Waals surface area contributed by atoms with E-state index in [1.807, 2.05) is 4.90 Å². The minimum absolute atomic E-state index is 0.0891. The summed E-state index contributed by atoms with van der Waals surface area (Å²) in [7, 11) is 0. The van der Waals surface area contributed by atoms with Crippen LogP contribution in [0.25, 0.3) is 0 Å². The molecule has 1 heterocycles. The van der Waals surface area contributed by atoms with Gasteiger partial charge < -0.3 is 15.1 Å². The summed E-state index contributed by atoms with van der Waals surface area (Å²) in [5.74, 6) is 2.00. The van der Waals surface area contributed by atoms with Crippen LogP contribution in [0.5, 0.6) is 0 Å². The predicted octanol–water partition coefficient (Wildman–Crippen LogP) is 4.71. The number of carbonyl (C=O) groups is 1. The number of hydrogen-bond acceptors (Lipinski definition) is 2. The molecule has 1 saturated heterocycles. The van der Waals surface area contributed by atoms with Crippen LogP contribution in [0.4, 0.5) is 4.79 Å². The summed E-state index contributed by atoms with van der Waals surface area (Å²) in [5, 5.41) is 3.37. The van der Waals surface area contributed by atoms with Crippen molar-refractivity contribution in [2.45, 2.75) is 76.3 Å². The van der Waals surface area contributed by atoms with Crippen LogP contribution < -0.4 is 5.32 Å². The lowest BCUT2D eigenvalue weighted by Gasteiger charge is -2.44. The molecule has 1 spiro atoms. The fourth-order valence-electron chi connectivity index (χ4n) is 7.19. The van der Waals surface area contributed by atoms with Crippen molar-refractivity contribution in [1.82, 2.24) is 15.1 Å². The highest BCUT2D eigenvalue weighted by Crippen LogP contribution is 2.53. The third-order valence-corrected chi connectivity index (χ3v) is 8.78. The van der Waals surface area contributed by atoms with E-state index in [0.29, 0.717) is 0 Å². The molecule has 158 valence electrons. The zero-order chi connectivity index (χ0) is 20.0. The van der Waals surface area contributed by atoms with E-state index in [2.05, 4.69) is 48.3 Å². The Labute approximate surface area is 176 Å². The van der Waals surface area contributed by atoms with E-state index in [4.69, 9.17) is 0 Å². The summed E-state index contributed by atoms with van der Waals surface area (Å²) in [6.45, 7) is 8.11. The van der Waals surface area contributed by atoms with Gasteiger partial charge in [-0.25, -0.2) is 4.79 Å². The standard InChI is InChI=1S/C25H37N3O/c1-3-27(4-2)24(29)26-22-17-25(21-8-6-5-7-20(21)22)11-13-28(14-12-25)23-16-18-9-10-19(23)15-18/h5-8,18-19,22-23H,3-4,9-17H2,1-2H3,(H,26,29)/t18?,19-,22+,23?/m1/s1. The number of carbonyl (C=O) groups excluding carboxylic acids is 1. The van der Waals surface area contributed by atoms with Crippen LogP contribution in [0.15, 0.2) is 24.3 Å². The third kappa shape index (κ3) is 3.28. The Hall–Kier alpha value is -1.55. The lowest BCUT2D eigenvalue weighted by atomic mass is 9.73. The number of fused-ring (bicyclic) bond motifs is 4. The molecule has 4 aliphatic rings. The Morgan fingerprint density at radius 1 is 1.14 bits per heavy atom. The first-order valence-electron chi connectivity index (χ1n) is 12.0. The largest absolute Gasteiger partial charge is 0.331 e. The van der Waals surface area contributed by atoms with Crippen molar-refractivity contribution in [1.29, 1.82) is 0 Å². The molecule has 3 aliphatic carbocycles. The van der Waals surface area contributed by atoms with E-state index in [1.165, 1.54) is 62.7 Å². The van der Waals surface area contributed by atoms with Crippen molar-refractivity contribution in [3.05, 3.63) is 35.4 Å². The van der Waals surface area contributed by atoms with E-state index in [9.17, 15) is 4.79 Å². The van der Waals surface area contributed by atoms with Crippen molar-refractivity contribution < 1.29 is 4.79 Å². The lowest BCUT2D eigenvalue weighted by Crippen LogP contribution is -2.48. The fraction of sp³-hybridized carbons (Fsp3) is 0.720. The summed E-state index contributed by atoms with van der Waals surface area (Å²) in [6, 6.07) is 10.0. The lowest BCUT2D eigenvalue weighted by molar-refractivity contribution is 0.0811. The summed E-state index contributed by atoms with van der Waals surface area (Å²) in [4.78, 5) is 17.5. The van der Waals surface area contributed by atoms with Crippen LogP contribution in [0.2, 0.25) is 0 Å². The number of hydrogen-bond donors (Lipinski definition) is 1. The highest BCUT2D eigenvalue weighted by Gasteiger charge is 2.49. The maximum absolute atomic E-state index is 12.7. The molecule has 2 bridgehead atoms. The number of benzene rings is 1. The molecule has 1 aromatic carbocycles. The number of nitrogens with one attached hydrogen (secondary N) is 1. The van der Waals surface area contributed by atoms with Gasteiger partial charge in [0.2, 0.25) is 0 Å². The molecule has 4 nitrogen and oxygen atoms in total. The normalized spacial score (nSPS) is 32.5. The zero-order valence-corrected chi connectivity index (χ0v) is 18.2. The highest BCUT2D eigenvalue weighted by atomic mass is 16.2. The van der Waals surface area contributed by atoms with Gasteiger partial charge in [-0.1, -0.05) is 30.7 Å². The van der Waals surface area contributed by atoms with Crippen molar-refractivity contribution >= 4 is 6.03 Å². The molecule has 0 aromatic heterocycles. The van der Waals surface area contributed by atoms with Crippen LogP contribution in [-0.4, -0.2) is 48.1 Å².